The molecule has 0 N–H and O–H groups in total. The van der Waals surface area contributed by atoms with Crippen molar-refractivity contribution in [1.29, 1.82) is 5.26 Å². The fourth-order valence-electron chi connectivity index (χ4n) is 2.86. The van der Waals surface area contributed by atoms with Crippen LogP contribution in [0.15, 0.2) is 48.9 Å². The summed E-state index contributed by atoms with van der Waals surface area (Å²) in [6.07, 6.45) is 4.02. The maximum atomic E-state index is 14.2. The lowest BCUT2D eigenvalue weighted by atomic mass is 9.95. The predicted molar refractivity (Wildman–Crippen MR) is 83.2 cm³/mol. The van der Waals surface area contributed by atoms with E-state index >= 15 is 0 Å². The molecule has 1 aliphatic rings. The summed E-state index contributed by atoms with van der Waals surface area (Å²) in [5.74, 6) is -1.61. The van der Waals surface area contributed by atoms with Gasteiger partial charge in [-0.15, -0.1) is 0 Å². The third-order valence-electron chi connectivity index (χ3n) is 3.83. The number of hydrogen-bond acceptors (Lipinski definition) is 4. The average molecular weight is 318 g/mol. The molecule has 3 heterocycles. The fraction of sp³-hybridized carbons (Fsp3) is 0. The summed E-state index contributed by atoms with van der Waals surface area (Å²) in [6.45, 7) is 0. The van der Waals surface area contributed by atoms with Crippen molar-refractivity contribution in [1.82, 2.24) is 15.0 Å². The van der Waals surface area contributed by atoms with Gasteiger partial charge in [0.1, 0.15) is 11.9 Å². The molecule has 3 aromatic heterocycles. The van der Waals surface area contributed by atoms with Gasteiger partial charge in [-0.25, -0.2) is 9.37 Å². The van der Waals surface area contributed by atoms with Crippen molar-refractivity contribution in [3.05, 3.63) is 77.4 Å². The van der Waals surface area contributed by atoms with E-state index in [-0.39, 0.29) is 11.1 Å². The van der Waals surface area contributed by atoms with E-state index in [0.717, 1.165) is 12.3 Å². The number of allylic oxidation sites excluding steroid dienone is 1. The first-order valence-corrected chi connectivity index (χ1v) is 7.07. The minimum Gasteiger partial charge on any atom is -0.254 e. The molecule has 0 atom stereocenters. The number of pyridine rings is 3. The van der Waals surface area contributed by atoms with Gasteiger partial charge in [0, 0.05) is 40.7 Å². The van der Waals surface area contributed by atoms with Crippen molar-refractivity contribution < 1.29 is 8.78 Å². The van der Waals surface area contributed by atoms with Gasteiger partial charge in [0.2, 0.25) is 5.95 Å². The third kappa shape index (κ3) is 1.99. The normalized spacial score (nSPS) is 11.6. The van der Waals surface area contributed by atoms with Gasteiger partial charge >= 0.3 is 0 Å². The standard InChI is InChI=1S/C18H8F2N4/c19-14-9-24-15(20)7-12(14)13(8-21)16-10-3-1-5-22-17(10)18-11(16)4-2-6-23-18/h1-7,9H. The zero-order valence-corrected chi connectivity index (χ0v) is 12.2. The van der Waals surface area contributed by atoms with E-state index in [0.29, 0.717) is 28.1 Å². The van der Waals surface area contributed by atoms with Crippen molar-refractivity contribution in [2.45, 2.75) is 0 Å². The molecule has 3 aromatic rings. The Bertz CT molecular complexity index is 1000. The van der Waals surface area contributed by atoms with E-state index in [2.05, 4.69) is 15.0 Å². The third-order valence-corrected chi connectivity index (χ3v) is 3.83. The molecule has 0 radical (unpaired) electrons. The monoisotopic (exact) mass is 318 g/mol. The number of rotatable bonds is 1. The maximum absolute atomic E-state index is 14.2. The van der Waals surface area contributed by atoms with Crippen LogP contribution in [-0.2, 0) is 0 Å². The van der Waals surface area contributed by atoms with Gasteiger partial charge in [-0.2, -0.15) is 9.65 Å². The summed E-state index contributed by atoms with van der Waals surface area (Å²) < 4.78 is 27.7. The summed E-state index contributed by atoms with van der Waals surface area (Å²) in [5.41, 5.74) is 2.95. The minimum absolute atomic E-state index is 0.0230. The van der Waals surface area contributed by atoms with Gasteiger partial charge in [0.15, 0.2) is 0 Å². The van der Waals surface area contributed by atoms with Crippen molar-refractivity contribution in [2.24, 2.45) is 0 Å². The SMILES string of the molecule is N#CC(=C1c2cccnc2-c2ncccc21)c1cc(F)ncc1F. The lowest BCUT2D eigenvalue weighted by Crippen LogP contribution is -1.96. The lowest BCUT2D eigenvalue weighted by Gasteiger charge is -2.08. The molecule has 0 aliphatic heterocycles. The van der Waals surface area contributed by atoms with Crippen molar-refractivity contribution in [3.63, 3.8) is 0 Å². The Morgan fingerprint density at radius 3 is 2.17 bits per heavy atom. The molecule has 1 aliphatic carbocycles. The van der Waals surface area contributed by atoms with Crippen molar-refractivity contribution in [2.75, 3.05) is 0 Å². The Balaban J connectivity index is 2.12. The zero-order chi connectivity index (χ0) is 16.7. The Kier molecular flexibility index (Phi) is 3.14. The summed E-state index contributed by atoms with van der Waals surface area (Å²) in [6, 6.07) is 9.94. The van der Waals surface area contributed by atoms with Gasteiger partial charge < -0.3 is 0 Å². The van der Waals surface area contributed by atoms with Crippen molar-refractivity contribution >= 4 is 11.1 Å². The minimum atomic E-state index is -0.851. The van der Waals surface area contributed by atoms with Gasteiger partial charge in [-0.05, 0) is 12.1 Å². The number of halogens is 2. The second-order valence-corrected chi connectivity index (χ2v) is 5.15. The van der Waals surface area contributed by atoms with E-state index < -0.39 is 11.8 Å². The number of nitrogens with zero attached hydrogens (tertiary/aromatic N) is 4. The first-order valence-electron chi connectivity index (χ1n) is 7.07. The molecule has 0 unspecified atom stereocenters. The largest absolute Gasteiger partial charge is 0.254 e. The van der Waals surface area contributed by atoms with Crippen LogP contribution in [0.25, 0.3) is 22.5 Å². The fourth-order valence-corrected chi connectivity index (χ4v) is 2.86. The number of aromatic nitrogens is 3. The van der Waals surface area contributed by atoms with Crippen LogP contribution in [0.4, 0.5) is 8.78 Å². The molecule has 0 aromatic carbocycles. The maximum Gasteiger partial charge on any atom is 0.213 e. The highest BCUT2D eigenvalue weighted by Gasteiger charge is 2.29. The quantitative estimate of drug-likeness (QED) is 0.397. The van der Waals surface area contributed by atoms with Crippen LogP contribution in [0.5, 0.6) is 0 Å². The van der Waals surface area contributed by atoms with Gasteiger partial charge in [-0.1, -0.05) is 12.1 Å². The molecule has 4 rings (SSSR count). The summed E-state index contributed by atoms with van der Waals surface area (Å²) in [7, 11) is 0. The van der Waals surface area contributed by atoms with Crippen LogP contribution >= 0.6 is 0 Å². The highest BCUT2D eigenvalue weighted by atomic mass is 19.1. The second kappa shape index (κ2) is 5.32. The van der Waals surface area contributed by atoms with Crippen LogP contribution in [0.1, 0.15) is 16.7 Å². The average Bonchev–Trinajstić information content (AvgIpc) is 2.94. The van der Waals surface area contributed by atoms with E-state index in [1.807, 2.05) is 6.07 Å². The van der Waals surface area contributed by atoms with Crippen LogP contribution in [0.2, 0.25) is 0 Å². The molecule has 6 heteroatoms. The van der Waals surface area contributed by atoms with Crippen LogP contribution in [-0.4, -0.2) is 15.0 Å². The first-order chi connectivity index (χ1) is 11.7. The Morgan fingerprint density at radius 1 is 0.958 bits per heavy atom. The molecule has 0 saturated carbocycles. The van der Waals surface area contributed by atoms with Crippen LogP contribution in [0.3, 0.4) is 0 Å². The lowest BCUT2D eigenvalue weighted by molar-refractivity contribution is 0.558. The molecular weight excluding hydrogens is 310 g/mol. The molecule has 0 saturated heterocycles. The van der Waals surface area contributed by atoms with Gasteiger partial charge in [0.05, 0.1) is 23.2 Å². The highest BCUT2D eigenvalue weighted by Crippen LogP contribution is 2.45. The summed E-state index contributed by atoms with van der Waals surface area (Å²) >= 11 is 0. The van der Waals surface area contributed by atoms with E-state index in [1.165, 1.54) is 0 Å². The molecule has 4 nitrogen and oxygen atoms in total. The van der Waals surface area contributed by atoms with Crippen LogP contribution < -0.4 is 0 Å². The smallest absolute Gasteiger partial charge is 0.213 e. The summed E-state index contributed by atoms with van der Waals surface area (Å²) in [5, 5.41) is 9.65. The Labute approximate surface area is 135 Å². The van der Waals surface area contributed by atoms with E-state index in [9.17, 15) is 14.0 Å². The topological polar surface area (TPSA) is 62.5 Å². The molecule has 24 heavy (non-hydrogen) atoms. The number of nitriles is 1. The van der Waals surface area contributed by atoms with Crippen molar-refractivity contribution in [3.8, 4) is 17.5 Å². The summed E-state index contributed by atoms with van der Waals surface area (Å²) in [4.78, 5) is 11.9. The first kappa shape index (κ1) is 14.2. The molecule has 0 amide bonds. The Hall–Kier alpha value is -3.46. The molecule has 0 spiro atoms. The van der Waals surface area contributed by atoms with E-state index in [4.69, 9.17) is 0 Å². The molecule has 114 valence electrons. The van der Waals surface area contributed by atoms with Gasteiger partial charge in [-0.3, -0.25) is 9.97 Å². The van der Waals surface area contributed by atoms with Crippen LogP contribution in [0, 0.1) is 23.1 Å². The molecule has 0 fully saturated rings. The predicted octanol–water partition coefficient (Wildman–Crippen LogP) is 3.61. The zero-order valence-electron chi connectivity index (χ0n) is 12.2. The molecular formula is C18H8F2N4. The second-order valence-electron chi connectivity index (χ2n) is 5.15. The van der Waals surface area contributed by atoms with Gasteiger partial charge in [0.25, 0.3) is 0 Å². The number of fused-ring (bicyclic) bond motifs is 3. The highest BCUT2D eigenvalue weighted by molar-refractivity contribution is 6.11. The Morgan fingerprint density at radius 2 is 1.58 bits per heavy atom. The number of hydrogen-bond donors (Lipinski definition) is 0. The van der Waals surface area contributed by atoms with E-state index in [1.54, 1.807) is 36.7 Å². The molecule has 0 bridgehead atoms.